The molecule has 0 unspecified atom stereocenters. The number of hydrogen-bond donors (Lipinski definition) is 1. The Morgan fingerprint density at radius 1 is 1.08 bits per heavy atom. The van der Waals surface area contributed by atoms with Crippen LogP contribution in [0.1, 0.15) is 5.01 Å². The fraction of sp³-hybridized carbons (Fsp3) is 0.150. The van der Waals surface area contributed by atoms with Crippen LogP contribution in [0.15, 0.2) is 65.6 Å². The normalized spacial score (nSPS) is 11.1. The molecular formula is C20H17N3O2S. The minimum absolute atomic E-state index is 0.0342. The minimum Gasteiger partial charge on any atom is -0.354 e. The van der Waals surface area contributed by atoms with Crippen LogP contribution in [0.3, 0.4) is 0 Å². The highest BCUT2D eigenvalue weighted by Crippen LogP contribution is 2.21. The van der Waals surface area contributed by atoms with Crippen LogP contribution in [0, 0.1) is 0 Å². The molecule has 0 saturated carbocycles. The maximum atomic E-state index is 12.3. The summed E-state index contributed by atoms with van der Waals surface area (Å²) in [4.78, 5) is 28.7. The Kier molecular flexibility index (Phi) is 4.50. The van der Waals surface area contributed by atoms with Crippen molar-refractivity contribution in [3.8, 4) is 0 Å². The predicted molar refractivity (Wildman–Crippen MR) is 105 cm³/mol. The largest absolute Gasteiger partial charge is 0.354 e. The van der Waals surface area contributed by atoms with Gasteiger partial charge in [0.2, 0.25) is 5.91 Å². The van der Waals surface area contributed by atoms with E-state index in [1.54, 1.807) is 28.2 Å². The lowest BCUT2D eigenvalue weighted by molar-refractivity contribution is -0.121. The summed E-state index contributed by atoms with van der Waals surface area (Å²) in [5.41, 5.74) is 1.73. The first-order valence-electron chi connectivity index (χ1n) is 8.40. The van der Waals surface area contributed by atoms with Gasteiger partial charge in [0.15, 0.2) is 5.43 Å². The molecule has 2 heterocycles. The van der Waals surface area contributed by atoms with Crippen LogP contribution >= 0.6 is 11.3 Å². The van der Waals surface area contributed by atoms with E-state index in [1.807, 2.05) is 36.4 Å². The summed E-state index contributed by atoms with van der Waals surface area (Å²) < 4.78 is 2.96. The highest BCUT2D eigenvalue weighted by molar-refractivity contribution is 7.18. The first-order valence-corrected chi connectivity index (χ1v) is 9.22. The number of carbonyl (C=O) groups excluding carboxylic acids is 1. The average molecular weight is 363 g/mol. The maximum absolute atomic E-state index is 12.3. The third-order valence-corrected chi connectivity index (χ3v) is 5.29. The van der Waals surface area contributed by atoms with Gasteiger partial charge in [-0.2, -0.15) is 0 Å². The van der Waals surface area contributed by atoms with Crippen molar-refractivity contribution in [3.05, 3.63) is 76.0 Å². The Balaban J connectivity index is 1.40. The zero-order chi connectivity index (χ0) is 17.9. The van der Waals surface area contributed by atoms with Crippen molar-refractivity contribution in [3.63, 3.8) is 0 Å². The van der Waals surface area contributed by atoms with E-state index in [0.29, 0.717) is 18.4 Å². The minimum atomic E-state index is -0.0834. The number of nitrogens with one attached hydrogen (secondary N) is 1. The van der Waals surface area contributed by atoms with Crippen molar-refractivity contribution >= 4 is 38.4 Å². The summed E-state index contributed by atoms with van der Waals surface area (Å²) in [7, 11) is 0. The molecule has 4 aromatic rings. The number of benzene rings is 2. The summed E-state index contributed by atoms with van der Waals surface area (Å²) in [5, 5.41) is 4.57. The van der Waals surface area contributed by atoms with Crippen molar-refractivity contribution in [2.75, 3.05) is 6.54 Å². The Labute approximate surface area is 153 Å². The number of amides is 1. The number of hydrogen-bond acceptors (Lipinski definition) is 4. The number of aromatic nitrogens is 2. The highest BCUT2D eigenvalue weighted by Gasteiger charge is 2.08. The molecule has 0 aliphatic carbocycles. The van der Waals surface area contributed by atoms with E-state index in [0.717, 1.165) is 20.7 Å². The lowest BCUT2D eigenvalue weighted by Crippen LogP contribution is -2.29. The van der Waals surface area contributed by atoms with E-state index in [2.05, 4.69) is 16.4 Å². The van der Waals surface area contributed by atoms with E-state index in [9.17, 15) is 9.59 Å². The van der Waals surface area contributed by atoms with Gasteiger partial charge in [-0.3, -0.25) is 9.59 Å². The second-order valence-corrected chi connectivity index (χ2v) is 7.12. The van der Waals surface area contributed by atoms with E-state index >= 15 is 0 Å². The highest BCUT2D eigenvalue weighted by atomic mass is 32.1. The smallest absolute Gasteiger partial charge is 0.239 e. The van der Waals surface area contributed by atoms with Gasteiger partial charge in [0.1, 0.15) is 6.54 Å². The first kappa shape index (κ1) is 16.5. The second kappa shape index (κ2) is 7.09. The molecule has 0 aliphatic rings. The maximum Gasteiger partial charge on any atom is 0.239 e. The third kappa shape index (κ3) is 3.36. The molecule has 130 valence electrons. The van der Waals surface area contributed by atoms with Crippen molar-refractivity contribution in [1.29, 1.82) is 0 Å². The van der Waals surface area contributed by atoms with Crippen LogP contribution in [-0.2, 0) is 17.8 Å². The fourth-order valence-corrected chi connectivity index (χ4v) is 3.91. The van der Waals surface area contributed by atoms with Gasteiger partial charge in [0.05, 0.1) is 20.7 Å². The molecule has 4 rings (SSSR count). The van der Waals surface area contributed by atoms with Gasteiger partial charge >= 0.3 is 0 Å². The number of pyridine rings is 1. The molecule has 2 aromatic heterocycles. The molecule has 1 N–H and O–H groups in total. The number of rotatable bonds is 5. The quantitative estimate of drug-likeness (QED) is 0.593. The second-order valence-electron chi connectivity index (χ2n) is 6.00. The van der Waals surface area contributed by atoms with E-state index in [4.69, 9.17) is 0 Å². The van der Waals surface area contributed by atoms with Crippen molar-refractivity contribution < 1.29 is 4.79 Å². The molecule has 0 atom stereocenters. The number of fused-ring (bicyclic) bond motifs is 2. The molecule has 0 bridgehead atoms. The van der Waals surface area contributed by atoms with Crippen LogP contribution < -0.4 is 10.7 Å². The molecule has 0 saturated heterocycles. The molecule has 0 radical (unpaired) electrons. The van der Waals surface area contributed by atoms with Gasteiger partial charge in [0.25, 0.3) is 0 Å². The van der Waals surface area contributed by atoms with Gasteiger partial charge in [-0.05, 0) is 24.3 Å². The summed E-state index contributed by atoms with van der Waals surface area (Å²) in [6, 6.07) is 16.8. The van der Waals surface area contributed by atoms with E-state index < -0.39 is 0 Å². The summed E-state index contributed by atoms with van der Waals surface area (Å²) in [5.74, 6) is -0.0834. The SMILES string of the molecule is O=C(Cn1ccc(=O)c2ccccc21)NCCc1nc2ccccc2s1. The van der Waals surface area contributed by atoms with Crippen LogP contribution in [0.5, 0.6) is 0 Å². The lowest BCUT2D eigenvalue weighted by atomic mass is 10.2. The van der Waals surface area contributed by atoms with Crippen molar-refractivity contribution in [2.24, 2.45) is 0 Å². The molecule has 0 fully saturated rings. The molecule has 2 aromatic carbocycles. The Morgan fingerprint density at radius 3 is 2.77 bits per heavy atom. The Bertz CT molecular complexity index is 1110. The van der Waals surface area contributed by atoms with E-state index in [1.165, 1.54) is 6.07 Å². The van der Waals surface area contributed by atoms with Gasteiger partial charge in [-0.25, -0.2) is 4.98 Å². The third-order valence-electron chi connectivity index (χ3n) is 4.20. The van der Waals surface area contributed by atoms with Crippen molar-refractivity contribution in [1.82, 2.24) is 14.9 Å². The zero-order valence-electron chi connectivity index (χ0n) is 14.0. The van der Waals surface area contributed by atoms with Gasteiger partial charge in [-0.15, -0.1) is 11.3 Å². The Hall–Kier alpha value is -2.99. The average Bonchev–Trinajstić information content (AvgIpc) is 3.07. The van der Waals surface area contributed by atoms with Crippen LogP contribution in [0.25, 0.3) is 21.1 Å². The standard InChI is InChI=1S/C20H17N3O2S/c24-17-10-12-23(16-7-3-1-5-14(16)17)13-19(25)21-11-9-20-22-15-6-2-4-8-18(15)26-20/h1-8,10,12H,9,11,13H2,(H,21,25). The summed E-state index contributed by atoms with van der Waals surface area (Å²) >= 11 is 1.65. The number of thiazole rings is 1. The van der Waals surface area contributed by atoms with Crippen LogP contribution in [0.4, 0.5) is 0 Å². The molecule has 5 nitrogen and oxygen atoms in total. The number of nitrogens with zero attached hydrogens (tertiary/aromatic N) is 2. The lowest BCUT2D eigenvalue weighted by Gasteiger charge is -2.10. The van der Waals surface area contributed by atoms with E-state index in [-0.39, 0.29) is 17.9 Å². The summed E-state index contributed by atoms with van der Waals surface area (Å²) in [6.45, 7) is 0.720. The number of para-hydroxylation sites is 2. The molecule has 1 amide bonds. The fourth-order valence-electron chi connectivity index (χ4n) is 2.94. The monoisotopic (exact) mass is 363 g/mol. The van der Waals surface area contributed by atoms with Gasteiger partial charge in [-0.1, -0.05) is 24.3 Å². The van der Waals surface area contributed by atoms with Gasteiger partial charge in [0, 0.05) is 30.6 Å². The first-order chi connectivity index (χ1) is 12.7. The zero-order valence-corrected chi connectivity index (χ0v) is 14.8. The Morgan fingerprint density at radius 2 is 1.88 bits per heavy atom. The van der Waals surface area contributed by atoms with Crippen molar-refractivity contribution in [2.45, 2.75) is 13.0 Å². The molecule has 0 spiro atoms. The molecule has 26 heavy (non-hydrogen) atoms. The number of carbonyl (C=O) groups is 1. The molecular weight excluding hydrogens is 346 g/mol. The van der Waals surface area contributed by atoms with Gasteiger partial charge < -0.3 is 9.88 Å². The topological polar surface area (TPSA) is 64.0 Å². The van der Waals surface area contributed by atoms with Crippen LogP contribution in [0.2, 0.25) is 0 Å². The predicted octanol–water partition coefficient (Wildman–Crippen LogP) is 2.97. The summed E-state index contributed by atoms with van der Waals surface area (Å²) in [6.07, 6.45) is 2.37. The molecule has 6 heteroatoms. The molecule has 0 aliphatic heterocycles. The van der Waals surface area contributed by atoms with Crippen LogP contribution in [-0.4, -0.2) is 22.0 Å².